The molecule has 1 N–H and O–H groups in total. The summed E-state index contributed by atoms with van der Waals surface area (Å²) in [6.45, 7) is -1.45. The van der Waals surface area contributed by atoms with Gasteiger partial charge in [-0.2, -0.15) is 0 Å². The molecule has 1 aliphatic carbocycles. The Labute approximate surface area is 121 Å². The van der Waals surface area contributed by atoms with Crippen LogP contribution in [0.3, 0.4) is 0 Å². The van der Waals surface area contributed by atoms with Gasteiger partial charge in [-0.25, -0.2) is 4.98 Å². The van der Waals surface area contributed by atoms with Gasteiger partial charge in [-0.3, -0.25) is 8.78 Å². The summed E-state index contributed by atoms with van der Waals surface area (Å²) < 4.78 is 28.1. The van der Waals surface area contributed by atoms with Crippen LogP contribution in [0.1, 0.15) is 24.4 Å². The van der Waals surface area contributed by atoms with Gasteiger partial charge in [0.25, 0.3) is 0 Å². The highest BCUT2D eigenvalue weighted by atomic mass is 19.1. The molecule has 0 amide bonds. The first kappa shape index (κ1) is 13.0. The Balaban J connectivity index is 1.77. The molecule has 0 radical (unpaired) electrons. The van der Waals surface area contributed by atoms with Gasteiger partial charge in [0.1, 0.15) is 0 Å². The number of imidazole rings is 1. The molecular formula is C16H16F2N2O. The molecule has 110 valence electrons. The van der Waals surface area contributed by atoms with Crippen molar-refractivity contribution in [3.8, 4) is 11.3 Å². The number of hydrogen-bond donors (Lipinski definition) is 1. The smallest absolute Gasteiger partial charge is 0.0977 e. The molecule has 21 heavy (non-hydrogen) atoms. The minimum atomic E-state index is -1.11. The van der Waals surface area contributed by atoms with Crippen LogP contribution in [-0.4, -0.2) is 33.6 Å². The molecule has 0 spiro atoms. The molecule has 1 aromatic carbocycles. The number of halogens is 2. The fraction of sp³-hybridized carbons (Fsp3) is 0.438. The highest BCUT2D eigenvalue weighted by Crippen LogP contribution is 2.58. The lowest BCUT2D eigenvalue weighted by molar-refractivity contribution is -0.162. The lowest BCUT2D eigenvalue weighted by atomic mass is 9.57. The lowest BCUT2D eigenvalue weighted by Crippen LogP contribution is -2.58. The molecule has 1 atom stereocenters. The highest BCUT2D eigenvalue weighted by Gasteiger charge is 2.60. The van der Waals surface area contributed by atoms with Crippen molar-refractivity contribution in [1.29, 1.82) is 0 Å². The first-order valence-electron chi connectivity index (χ1n) is 7.08. The highest BCUT2D eigenvalue weighted by molar-refractivity contribution is 5.69. The van der Waals surface area contributed by atoms with Crippen molar-refractivity contribution in [3.63, 3.8) is 0 Å². The van der Waals surface area contributed by atoms with E-state index in [4.69, 9.17) is 0 Å². The lowest BCUT2D eigenvalue weighted by Gasteiger charge is -2.53. The summed E-state index contributed by atoms with van der Waals surface area (Å²) in [5.41, 5.74) is 0.866. The average molecular weight is 290 g/mol. The Morgan fingerprint density at radius 1 is 1.24 bits per heavy atom. The molecule has 3 nitrogen and oxygen atoms in total. The van der Waals surface area contributed by atoms with Crippen molar-refractivity contribution >= 4 is 0 Å². The van der Waals surface area contributed by atoms with Gasteiger partial charge in [0.15, 0.2) is 0 Å². The van der Waals surface area contributed by atoms with E-state index in [1.165, 1.54) is 0 Å². The normalized spacial score (nSPS) is 24.2. The summed E-state index contributed by atoms with van der Waals surface area (Å²) in [4.78, 5) is 4.15. The van der Waals surface area contributed by atoms with Crippen LogP contribution in [0.5, 0.6) is 0 Å². The number of nitrogens with zero attached hydrogens (tertiary/aromatic N) is 2. The van der Waals surface area contributed by atoms with Crippen LogP contribution < -0.4 is 0 Å². The molecule has 2 aromatic rings. The third-order valence-corrected chi connectivity index (χ3v) is 4.91. The molecular weight excluding hydrogens is 274 g/mol. The maximum Gasteiger partial charge on any atom is 0.0977 e. The zero-order valence-electron chi connectivity index (χ0n) is 11.5. The fourth-order valence-electron chi connectivity index (χ4n) is 4.05. The van der Waals surface area contributed by atoms with Crippen molar-refractivity contribution in [3.05, 3.63) is 42.4 Å². The minimum absolute atomic E-state index is 0.142. The van der Waals surface area contributed by atoms with Crippen molar-refractivity contribution in [2.24, 2.45) is 5.41 Å². The Morgan fingerprint density at radius 3 is 2.67 bits per heavy atom. The molecule has 1 saturated carbocycles. The molecule has 1 aliphatic heterocycles. The van der Waals surface area contributed by atoms with Gasteiger partial charge in [0.05, 0.1) is 43.2 Å². The van der Waals surface area contributed by atoms with E-state index in [0.717, 1.165) is 16.8 Å². The maximum absolute atomic E-state index is 13.1. The molecule has 4 rings (SSSR count). The SMILES string of the molecule is OC1([C@H]2c3ccccc3-c3cncn32)CC(CF)(CF)C1. The molecule has 0 bridgehead atoms. The second kappa shape index (κ2) is 4.13. The second-order valence-corrected chi connectivity index (χ2v) is 6.40. The van der Waals surface area contributed by atoms with Crippen LogP contribution in [0, 0.1) is 5.41 Å². The van der Waals surface area contributed by atoms with E-state index >= 15 is 0 Å². The third kappa shape index (κ3) is 1.58. The van der Waals surface area contributed by atoms with E-state index in [2.05, 4.69) is 4.98 Å². The van der Waals surface area contributed by atoms with Crippen LogP contribution in [0.25, 0.3) is 11.3 Å². The number of rotatable bonds is 3. The van der Waals surface area contributed by atoms with Crippen LogP contribution in [0.2, 0.25) is 0 Å². The quantitative estimate of drug-likeness (QED) is 0.944. The molecule has 0 saturated heterocycles. The summed E-state index contributed by atoms with van der Waals surface area (Å²) in [6, 6.07) is 7.51. The van der Waals surface area contributed by atoms with Crippen molar-refractivity contribution in [2.75, 3.05) is 13.3 Å². The first-order valence-corrected chi connectivity index (χ1v) is 7.08. The molecule has 0 unspecified atom stereocenters. The van der Waals surface area contributed by atoms with Crippen molar-refractivity contribution in [2.45, 2.75) is 24.5 Å². The second-order valence-electron chi connectivity index (χ2n) is 6.40. The van der Waals surface area contributed by atoms with Crippen LogP contribution in [0.4, 0.5) is 8.78 Å². The van der Waals surface area contributed by atoms with Gasteiger partial charge in [0.2, 0.25) is 0 Å². The molecule has 5 heteroatoms. The van der Waals surface area contributed by atoms with Gasteiger partial charge in [0, 0.05) is 11.0 Å². The average Bonchev–Trinajstić information content (AvgIpc) is 3.04. The van der Waals surface area contributed by atoms with Gasteiger partial charge in [-0.15, -0.1) is 0 Å². The van der Waals surface area contributed by atoms with E-state index in [9.17, 15) is 13.9 Å². The predicted octanol–water partition coefficient (Wildman–Crippen LogP) is 2.90. The molecule has 2 aliphatic rings. The van der Waals surface area contributed by atoms with Crippen molar-refractivity contribution < 1.29 is 13.9 Å². The summed E-state index contributed by atoms with van der Waals surface area (Å²) in [5, 5.41) is 10.9. The van der Waals surface area contributed by atoms with Crippen LogP contribution in [0.15, 0.2) is 36.8 Å². The van der Waals surface area contributed by atoms with E-state index in [-0.39, 0.29) is 18.9 Å². The van der Waals surface area contributed by atoms with Crippen LogP contribution in [-0.2, 0) is 0 Å². The van der Waals surface area contributed by atoms with Gasteiger partial charge in [-0.05, 0) is 18.4 Å². The Morgan fingerprint density at radius 2 is 1.95 bits per heavy atom. The van der Waals surface area contributed by atoms with E-state index in [1.54, 1.807) is 12.5 Å². The topological polar surface area (TPSA) is 38.1 Å². The summed E-state index contributed by atoms with van der Waals surface area (Å²) >= 11 is 0. The summed E-state index contributed by atoms with van der Waals surface area (Å²) in [7, 11) is 0. The Kier molecular flexibility index (Phi) is 2.55. The van der Waals surface area contributed by atoms with E-state index in [1.807, 2.05) is 28.8 Å². The largest absolute Gasteiger partial charge is 0.387 e. The third-order valence-electron chi connectivity index (χ3n) is 4.91. The minimum Gasteiger partial charge on any atom is -0.387 e. The van der Waals surface area contributed by atoms with Gasteiger partial charge in [-0.1, -0.05) is 24.3 Å². The number of fused-ring (bicyclic) bond motifs is 3. The Hall–Kier alpha value is -1.75. The predicted molar refractivity (Wildman–Crippen MR) is 74.4 cm³/mol. The molecule has 1 fully saturated rings. The number of aliphatic hydroxyl groups is 1. The van der Waals surface area contributed by atoms with Crippen LogP contribution >= 0.6 is 0 Å². The maximum atomic E-state index is 13.1. The number of hydrogen-bond acceptors (Lipinski definition) is 2. The molecule has 1 aromatic heterocycles. The van der Waals surface area contributed by atoms with E-state index in [0.29, 0.717) is 0 Å². The first-order chi connectivity index (χ1) is 10.1. The number of benzene rings is 1. The van der Waals surface area contributed by atoms with Gasteiger partial charge < -0.3 is 9.67 Å². The fourth-order valence-corrected chi connectivity index (χ4v) is 4.05. The summed E-state index contributed by atoms with van der Waals surface area (Å²) in [6.07, 6.45) is 3.73. The summed E-state index contributed by atoms with van der Waals surface area (Å²) in [5.74, 6) is 0. The zero-order chi connectivity index (χ0) is 14.7. The van der Waals surface area contributed by atoms with Crippen molar-refractivity contribution in [1.82, 2.24) is 9.55 Å². The monoisotopic (exact) mass is 290 g/mol. The molecule has 2 heterocycles. The number of aromatic nitrogens is 2. The zero-order valence-corrected chi connectivity index (χ0v) is 11.5. The standard InChI is InChI=1S/C16H16F2N2O/c17-8-15(9-18)6-16(21,7-15)14-12-4-2-1-3-11(12)13-5-19-10-20(13)14/h1-5,10,14,21H,6-9H2/t14-/m1/s1. The van der Waals surface area contributed by atoms with Gasteiger partial charge >= 0.3 is 0 Å². The van der Waals surface area contributed by atoms with E-state index < -0.39 is 24.4 Å². The number of alkyl halides is 2. The Bertz CT molecular complexity index is 685.